The van der Waals surface area contributed by atoms with Crippen LogP contribution in [-0.4, -0.2) is 0 Å². The van der Waals surface area contributed by atoms with Crippen LogP contribution >= 0.6 is 0 Å². The van der Waals surface area contributed by atoms with Crippen molar-refractivity contribution in [1.29, 1.82) is 0 Å². The Morgan fingerprint density at radius 1 is 0.657 bits per heavy atom. The molecular formula is C35H34. The maximum absolute atomic E-state index is 2.37. The normalized spacial score (nSPS) is 20.0. The highest BCUT2D eigenvalue weighted by atomic mass is 14.4. The Hall–Kier alpha value is -3.64. The van der Waals surface area contributed by atoms with Crippen LogP contribution in [-0.2, 0) is 18.3 Å². The fourth-order valence-corrected chi connectivity index (χ4v) is 6.08. The molecule has 35 heavy (non-hydrogen) atoms. The van der Waals surface area contributed by atoms with E-state index >= 15 is 0 Å². The Bertz CT molecular complexity index is 1370. The number of aryl methyl sites for hydroxylation is 2. The van der Waals surface area contributed by atoms with Crippen LogP contribution in [0.2, 0.25) is 0 Å². The molecule has 0 radical (unpaired) electrons. The smallest absolute Gasteiger partial charge is 0.0703 e. The van der Waals surface area contributed by atoms with Crippen LogP contribution in [0, 0.1) is 0 Å². The lowest BCUT2D eigenvalue weighted by Gasteiger charge is -2.39. The molecule has 0 nitrogen and oxygen atoms in total. The van der Waals surface area contributed by atoms with Gasteiger partial charge in [-0.15, -0.1) is 0 Å². The first-order chi connectivity index (χ1) is 17.2. The van der Waals surface area contributed by atoms with E-state index in [1.54, 1.807) is 0 Å². The molecule has 0 spiro atoms. The fourth-order valence-electron chi connectivity index (χ4n) is 6.08. The van der Waals surface area contributed by atoms with E-state index in [1.807, 2.05) is 0 Å². The summed E-state index contributed by atoms with van der Waals surface area (Å²) in [6.07, 6.45) is 7.83. The number of hydrogen-bond acceptors (Lipinski definition) is 0. The molecule has 1 aliphatic carbocycles. The molecule has 4 aromatic rings. The van der Waals surface area contributed by atoms with E-state index in [0.29, 0.717) is 0 Å². The molecule has 1 atom stereocenters. The average molecular weight is 455 g/mol. The molecule has 0 fully saturated rings. The first-order valence-electron chi connectivity index (χ1n) is 12.9. The topological polar surface area (TPSA) is 0 Å². The summed E-state index contributed by atoms with van der Waals surface area (Å²) < 4.78 is 0. The van der Waals surface area contributed by atoms with Gasteiger partial charge in [0.05, 0.1) is 5.41 Å². The second-order valence-electron chi connectivity index (χ2n) is 9.38. The summed E-state index contributed by atoms with van der Waals surface area (Å²) in [5, 5.41) is 0. The van der Waals surface area contributed by atoms with Crippen molar-refractivity contribution >= 4 is 0 Å². The van der Waals surface area contributed by atoms with Crippen LogP contribution in [0.4, 0.5) is 0 Å². The predicted octanol–water partition coefficient (Wildman–Crippen LogP) is 9.09. The number of allylic oxidation sites excluding steroid dienone is 4. The lowest BCUT2D eigenvalue weighted by atomic mass is 9.62. The maximum atomic E-state index is 2.37. The second-order valence-corrected chi connectivity index (χ2v) is 9.38. The maximum Gasteiger partial charge on any atom is 0.0703 e. The van der Waals surface area contributed by atoms with Gasteiger partial charge in [-0.05, 0) is 83.2 Å². The second kappa shape index (κ2) is 9.92. The minimum atomic E-state index is -0.353. The van der Waals surface area contributed by atoms with Gasteiger partial charge in [-0.1, -0.05) is 122 Å². The Morgan fingerprint density at radius 3 is 2.03 bits per heavy atom. The first kappa shape index (κ1) is 23.1. The lowest BCUT2D eigenvalue weighted by molar-refractivity contribution is 0.731. The van der Waals surface area contributed by atoms with Gasteiger partial charge < -0.3 is 0 Å². The number of benzene rings is 4. The average Bonchev–Trinajstić information content (AvgIpc) is 3.08. The third kappa shape index (κ3) is 3.88. The molecule has 0 heteroatoms. The Labute approximate surface area is 210 Å². The fraction of sp³-hybridized carbons (Fsp3) is 0.200. The summed E-state index contributed by atoms with van der Waals surface area (Å²) in [5.74, 6) is 0. The molecule has 0 bridgehead atoms. The van der Waals surface area contributed by atoms with E-state index in [4.69, 9.17) is 0 Å². The largest absolute Gasteiger partial charge is 0.0841 e. The minimum absolute atomic E-state index is 0.353. The van der Waals surface area contributed by atoms with E-state index < -0.39 is 0 Å². The van der Waals surface area contributed by atoms with Crippen LogP contribution < -0.4 is 0 Å². The van der Waals surface area contributed by atoms with E-state index in [1.165, 1.54) is 50.1 Å². The predicted molar refractivity (Wildman–Crippen MR) is 150 cm³/mol. The summed E-state index contributed by atoms with van der Waals surface area (Å²) in [6.45, 7) is 6.63. The first-order valence-corrected chi connectivity index (χ1v) is 12.9. The third-order valence-electron chi connectivity index (χ3n) is 7.71. The van der Waals surface area contributed by atoms with Crippen molar-refractivity contribution in [2.24, 2.45) is 0 Å². The van der Waals surface area contributed by atoms with Gasteiger partial charge >= 0.3 is 0 Å². The van der Waals surface area contributed by atoms with Crippen LogP contribution in [0.25, 0.3) is 11.1 Å². The van der Waals surface area contributed by atoms with Crippen molar-refractivity contribution < 1.29 is 0 Å². The zero-order valence-electron chi connectivity index (χ0n) is 21.1. The summed E-state index contributed by atoms with van der Waals surface area (Å²) in [5.41, 5.74) is 12.0. The monoisotopic (exact) mass is 454 g/mol. The van der Waals surface area contributed by atoms with Gasteiger partial charge in [0, 0.05) is 0 Å². The molecule has 1 unspecified atom stereocenters. The zero-order chi connectivity index (χ0) is 24.3. The van der Waals surface area contributed by atoms with Crippen LogP contribution in [0.5, 0.6) is 0 Å². The van der Waals surface area contributed by atoms with Crippen LogP contribution in [0.3, 0.4) is 0 Å². The highest BCUT2D eigenvalue weighted by Crippen LogP contribution is 2.51. The Kier molecular flexibility index (Phi) is 6.55. The Balaban J connectivity index is 1.82. The molecule has 0 saturated carbocycles. The third-order valence-corrected chi connectivity index (χ3v) is 7.71. The summed E-state index contributed by atoms with van der Waals surface area (Å²) in [4.78, 5) is 0. The molecule has 0 aromatic heterocycles. The van der Waals surface area contributed by atoms with Crippen molar-refractivity contribution in [3.63, 3.8) is 0 Å². The molecule has 0 amide bonds. The van der Waals surface area contributed by atoms with Crippen molar-refractivity contribution in [3.8, 4) is 11.1 Å². The van der Waals surface area contributed by atoms with Gasteiger partial charge in [0.25, 0.3) is 0 Å². The van der Waals surface area contributed by atoms with Crippen molar-refractivity contribution in [2.45, 2.75) is 45.4 Å². The quantitative estimate of drug-likeness (QED) is 0.270. The van der Waals surface area contributed by atoms with Gasteiger partial charge in [0.1, 0.15) is 0 Å². The molecule has 0 heterocycles. The highest BCUT2D eigenvalue weighted by molar-refractivity contribution is 5.71. The van der Waals surface area contributed by atoms with Gasteiger partial charge in [0.2, 0.25) is 0 Å². The molecular weight excluding hydrogens is 420 g/mol. The number of fused-ring (bicyclic) bond motifs is 1. The molecule has 0 aliphatic heterocycles. The molecule has 1 aliphatic rings. The molecule has 4 aromatic carbocycles. The zero-order valence-corrected chi connectivity index (χ0v) is 21.1. The molecule has 0 saturated heterocycles. The van der Waals surface area contributed by atoms with Crippen molar-refractivity contribution in [3.05, 3.63) is 154 Å². The summed E-state index contributed by atoms with van der Waals surface area (Å²) >= 11 is 0. The summed E-state index contributed by atoms with van der Waals surface area (Å²) in [7, 11) is 0. The molecule has 0 N–H and O–H groups in total. The van der Waals surface area contributed by atoms with Gasteiger partial charge in [0.15, 0.2) is 0 Å². The number of hydrogen-bond donors (Lipinski definition) is 0. The van der Waals surface area contributed by atoms with Gasteiger partial charge in [-0.25, -0.2) is 0 Å². The SMILES string of the molecule is CC=C1CCc2ccccc2C(c2ccccc2)(c2ccc(-c3ccccc3CC)cc2)C1=CC. The van der Waals surface area contributed by atoms with E-state index in [-0.39, 0.29) is 5.41 Å². The van der Waals surface area contributed by atoms with Crippen molar-refractivity contribution in [2.75, 3.05) is 0 Å². The molecule has 5 rings (SSSR count). The van der Waals surface area contributed by atoms with Crippen LogP contribution in [0.15, 0.2) is 126 Å². The standard InChI is InChI=1S/C35H34/c1-4-26-14-10-12-18-32(26)28-22-24-31(25-23-28)35(30-16-8-7-9-17-30)33(6-3)27(5-2)20-21-29-15-11-13-19-34(29)35/h5-19,22-25H,4,20-21H2,1-3H3. The van der Waals surface area contributed by atoms with E-state index in [0.717, 1.165) is 19.3 Å². The van der Waals surface area contributed by atoms with Gasteiger partial charge in [-0.2, -0.15) is 0 Å². The number of rotatable bonds is 4. The van der Waals surface area contributed by atoms with E-state index in [2.05, 4.69) is 136 Å². The van der Waals surface area contributed by atoms with Crippen LogP contribution in [0.1, 0.15) is 55.0 Å². The van der Waals surface area contributed by atoms with Gasteiger partial charge in [-0.3, -0.25) is 0 Å². The highest BCUT2D eigenvalue weighted by Gasteiger charge is 2.43. The van der Waals surface area contributed by atoms with Crippen molar-refractivity contribution in [1.82, 2.24) is 0 Å². The minimum Gasteiger partial charge on any atom is -0.0841 e. The lowest BCUT2D eigenvalue weighted by Crippen LogP contribution is -2.32. The Morgan fingerprint density at radius 2 is 1.31 bits per heavy atom. The summed E-state index contributed by atoms with van der Waals surface area (Å²) in [6, 6.07) is 38.3. The van der Waals surface area contributed by atoms with E-state index in [9.17, 15) is 0 Å². The molecule has 174 valence electrons.